The molecule has 114 valence electrons. The summed E-state index contributed by atoms with van der Waals surface area (Å²) in [5.41, 5.74) is 6.69. The van der Waals surface area contributed by atoms with Gasteiger partial charge < -0.3 is 25.9 Å². The van der Waals surface area contributed by atoms with Crippen LogP contribution in [0.1, 0.15) is 12.8 Å². The molecule has 2 rings (SSSR count). The molecule has 0 bridgehead atoms. The number of amides is 1. The van der Waals surface area contributed by atoms with Crippen LogP contribution >= 0.6 is 11.6 Å². The summed E-state index contributed by atoms with van der Waals surface area (Å²) in [4.78, 5) is 23.8. The molecular weight excluding hydrogens is 294 g/mol. The Balaban J connectivity index is 1.82. The molecule has 1 aliphatic heterocycles. The van der Waals surface area contributed by atoms with Gasteiger partial charge in [-0.1, -0.05) is 11.6 Å². The average molecular weight is 312 g/mol. The molecule has 0 unspecified atom stereocenters. The molecule has 6 nitrogen and oxygen atoms in total. The summed E-state index contributed by atoms with van der Waals surface area (Å²) in [5, 5.41) is 14.0. The highest BCUT2D eigenvalue weighted by atomic mass is 35.5. The van der Waals surface area contributed by atoms with Gasteiger partial charge in [-0.15, -0.1) is 0 Å². The van der Waals surface area contributed by atoms with Crippen LogP contribution in [0.2, 0.25) is 5.02 Å². The van der Waals surface area contributed by atoms with Crippen molar-refractivity contribution in [2.24, 2.45) is 5.92 Å². The van der Waals surface area contributed by atoms with Gasteiger partial charge in [0.05, 0.1) is 23.8 Å². The van der Waals surface area contributed by atoms with Crippen molar-refractivity contribution in [1.29, 1.82) is 0 Å². The molecule has 1 saturated heterocycles. The third-order valence-corrected chi connectivity index (χ3v) is 4.06. The number of rotatable bonds is 4. The van der Waals surface area contributed by atoms with Crippen LogP contribution in [0.25, 0.3) is 0 Å². The summed E-state index contributed by atoms with van der Waals surface area (Å²) in [6.07, 6.45) is 1.11. The van der Waals surface area contributed by atoms with Crippen molar-refractivity contribution in [2.75, 3.05) is 30.7 Å². The fourth-order valence-electron chi connectivity index (χ4n) is 2.49. The number of likely N-dealkylation sites (tertiary alicyclic amines) is 1. The number of carbonyl (C=O) groups excluding carboxylic acids is 2. The lowest BCUT2D eigenvalue weighted by Crippen LogP contribution is -3.14. The van der Waals surface area contributed by atoms with Gasteiger partial charge in [-0.25, -0.2) is 0 Å². The predicted octanol–water partition coefficient (Wildman–Crippen LogP) is -1.09. The van der Waals surface area contributed by atoms with E-state index in [1.807, 2.05) is 0 Å². The van der Waals surface area contributed by atoms with Crippen molar-refractivity contribution >= 4 is 34.9 Å². The Bertz CT molecular complexity index is 542. The number of anilines is 2. The van der Waals surface area contributed by atoms with Crippen LogP contribution in [-0.2, 0) is 9.59 Å². The topological polar surface area (TPSA) is 99.7 Å². The first kappa shape index (κ1) is 15.6. The second-order valence-corrected chi connectivity index (χ2v) is 5.71. The molecule has 0 aromatic heterocycles. The molecule has 4 N–H and O–H groups in total. The number of quaternary nitrogens is 1. The van der Waals surface area contributed by atoms with Gasteiger partial charge in [-0.3, -0.25) is 4.79 Å². The maximum atomic E-state index is 12.0. The number of carboxylic acids is 1. The van der Waals surface area contributed by atoms with E-state index >= 15 is 0 Å². The van der Waals surface area contributed by atoms with Crippen molar-refractivity contribution in [3.05, 3.63) is 23.2 Å². The molecule has 7 heteroatoms. The standard InChI is InChI=1S/C14H18ClN3O3/c15-11-2-1-10(7-12(11)16)17-13(19)8-18-5-3-9(4-6-18)14(20)21/h1-2,7,9H,3-6,8,16H2,(H,17,19)(H,20,21). The van der Waals surface area contributed by atoms with Gasteiger partial charge in [-0.2, -0.15) is 0 Å². The Morgan fingerprint density at radius 2 is 2.05 bits per heavy atom. The van der Waals surface area contributed by atoms with Crippen molar-refractivity contribution in [2.45, 2.75) is 12.8 Å². The molecule has 1 aliphatic rings. The third kappa shape index (κ3) is 4.34. The molecule has 1 aromatic rings. The van der Waals surface area contributed by atoms with Crippen LogP contribution in [0.4, 0.5) is 11.4 Å². The van der Waals surface area contributed by atoms with Gasteiger partial charge in [0, 0.05) is 30.4 Å². The summed E-state index contributed by atoms with van der Waals surface area (Å²) in [6.45, 7) is 1.63. The van der Waals surface area contributed by atoms with Gasteiger partial charge in [0.2, 0.25) is 0 Å². The lowest BCUT2D eigenvalue weighted by molar-refractivity contribution is -0.897. The minimum absolute atomic E-state index is 0.126. The number of carbonyl (C=O) groups is 2. The lowest BCUT2D eigenvalue weighted by atomic mass is 9.97. The smallest absolute Gasteiger partial charge is 0.279 e. The monoisotopic (exact) mass is 311 g/mol. The summed E-state index contributed by atoms with van der Waals surface area (Å²) in [5.74, 6) is -1.50. The van der Waals surface area contributed by atoms with E-state index < -0.39 is 5.97 Å². The van der Waals surface area contributed by atoms with Gasteiger partial charge in [0.15, 0.2) is 6.54 Å². The van der Waals surface area contributed by atoms with Gasteiger partial charge in [0.25, 0.3) is 5.91 Å². The predicted molar refractivity (Wildman–Crippen MR) is 77.8 cm³/mol. The van der Waals surface area contributed by atoms with Crippen molar-refractivity contribution in [3.63, 3.8) is 0 Å². The van der Waals surface area contributed by atoms with E-state index in [9.17, 15) is 14.7 Å². The van der Waals surface area contributed by atoms with Crippen molar-refractivity contribution in [3.8, 4) is 0 Å². The number of hydrogen-bond acceptors (Lipinski definition) is 4. The number of benzene rings is 1. The number of hydrogen-bond donors (Lipinski definition) is 3. The minimum Gasteiger partial charge on any atom is -0.550 e. The maximum absolute atomic E-state index is 12.0. The van der Waals surface area contributed by atoms with E-state index in [2.05, 4.69) is 5.32 Å². The minimum atomic E-state index is -0.991. The van der Waals surface area contributed by atoms with E-state index in [0.717, 1.165) is 4.90 Å². The van der Waals surface area contributed by atoms with E-state index in [0.29, 0.717) is 48.9 Å². The Labute approximate surface area is 127 Å². The molecule has 0 spiro atoms. The van der Waals surface area contributed by atoms with E-state index in [4.69, 9.17) is 17.3 Å². The van der Waals surface area contributed by atoms with Gasteiger partial charge in [0.1, 0.15) is 0 Å². The summed E-state index contributed by atoms with van der Waals surface area (Å²) in [7, 11) is 0. The van der Waals surface area contributed by atoms with E-state index in [-0.39, 0.29) is 11.8 Å². The Hall–Kier alpha value is -1.79. The number of nitrogens with one attached hydrogen (secondary N) is 2. The quantitative estimate of drug-likeness (QED) is 0.615. The Morgan fingerprint density at radius 1 is 1.38 bits per heavy atom. The molecule has 0 saturated carbocycles. The highest BCUT2D eigenvalue weighted by molar-refractivity contribution is 6.33. The van der Waals surface area contributed by atoms with Crippen LogP contribution in [0.5, 0.6) is 0 Å². The normalized spacial score (nSPS) is 21.8. The van der Waals surface area contributed by atoms with Crippen molar-refractivity contribution < 1.29 is 19.6 Å². The van der Waals surface area contributed by atoms with E-state index in [1.54, 1.807) is 18.2 Å². The summed E-state index contributed by atoms with van der Waals surface area (Å²) in [6, 6.07) is 4.93. The van der Waals surface area contributed by atoms with Crippen LogP contribution in [0, 0.1) is 5.92 Å². The number of piperidine rings is 1. The average Bonchev–Trinajstić information content (AvgIpc) is 2.43. The number of aliphatic carboxylic acids is 1. The SMILES string of the molecule is Nc1cc(NC(=O)C[NH+]2CCC(C(=O)[O-])CC2)ccc1Cl. The zero-order valence-electron chi connectivity index (χ0n) is 11.5. The molecular formula is C14H18ClN3O3. The number of nitrogen functional groups attached to an aromatic ring is 1. The van der Waals surface area contributed by atoms with Crippen LogP contribution in [0.3, 0.4) is 0 Å². The fraction of sp³-hybridized carbons (Fsp3) is 0.429. The molecule has 1 amide bonds. The zero-order valence-corrected chi connectivity index (χ0v) is 12.3. The van der Waals surface area contributed by atoms with Gasteiger partial charge >= 0.3 is 0 Å². The first-order valence-electron chi connectivity index (χ1n) is 6.85. The highest BCUT2D eigenvalue weighted by Gasteiger charge is 2.24. The molecule has 0 atom stereocenters. The molecule has 21 heavy (non-hydrogen) atoms. The second kappa shape index (κ2) is 6.78. The number of halogens is 1. The van der Waals surface area contributed by atoms with Crippen LogP contribution in [0.15, 0.2) is 18.2 Å². The Kier molecular flexibility index (Phi) is 5.03. The second-order valence-electron chi connectivity index (χ2n) is 5.30. The number of nitrogens with two attached hydrogens (primary N) is 1. The van der Waals surface area contributed by atoms with Crippen LogP contribution < -0.4 is 21.1 Å². The first-order valence-corrected chi connectivity index (χ1v) is 7.23. The Morgan fingerprint density at radius 3 is 2.62 bits per heavy atom. The molecule has 1 heterocycles. The largest absolute Gasteiger partial charge is 0.550 e. The zero-order chi connectivity index (χ0) is 15.4. The molecule has 0 radical (unpaired) electrons. The van der Waals surface area contributed by atoms with Gasteiger partial charge in [-0.05, 0) is 18.2 Å². The van der Waals surface area contributed by atoms with E-state index in [1.165, 1.54) is 0 Å². The maximum Gasteiger partial charge on any atom is 0.279 e. The van der Waals surface area contributed by atoms with Crippen LogP contribution in [-0.4, -0.2) is 31.5 Å². The molecule has 1 fully saturated rings. The van der Waals surface area contributed by atoms with Crippen molar-refractivity contribution in [1.82, 2.24) is 0 Å². The first-order chi connectivity index (χ1) is 9.95. The molecule has 0 aliphatic carbocycles. The molecule has 1 aromatic carbocycles. The fourth-order valence-corrected chi connectivity index (χ4v) is 2.61. The summed E-state index contributed by atoms with van der Waals surface area (Å²) >= 11 is 5.82. The highest BCUT2D eigenvalue weighted by Crippen LogP contribution is 2.22. The summed E-state index contributed by atoms with van der Waals surface area (Å²) < 4.78 is 0. The lowest BCUT2D eigenvalue weighted by Gasteiger charge is -2.29. The number of carboxylic acid groups (broad SMARTS) is 1. The third-order valence-electron chi connectivity index (χ3n) is 3.72.